The fourth-order valence-electron chi connectivity index (χ4n) is 3.32. The van der Waals surface area contributed by atoms with Gasteiger partial charge in [-0.05, 0) is 40.9 Å². The minimum absolute atomic E-state index is 0.256. The molecule has 1 heterocycles. The molecule has 1 nitrogen and oxygen atoms in total. The molecule has 116 valence electrons. The van der Waals surface area contributed by atoms with Crippen molar-refractivity contribution in [2.24, 2.45) is 17.3 Å². The Balaban J connectivity index is 1.64. The van der Waals surface area contributed by atoms with Crippen LogP contribution in [0.25, 0.3) is 0 Å². The molecule has 0 unspecified atom stereocenters. The highest BCUT2D eigenvalue weighted by Crippen LogP contribution is 2.60. The number of rotatable bonds is 5. The second-order valence-electron chi connectivity index (χ2n) is 6.70. The number of benzene rings is 1. The van der Waals surface area contributed by atoms with Crippen LogP contribution in [-0.4, -0.2) is 0 Å². The van der Waals surface area contributed by atoms with Gasteiger partial charge < -0.3 is 4.42 Å². The van der Waals surface area contributed by atoms with E-state index in [9.17, 15) is 0 Å². The Hall–Kier alpha value is -1.18. The zero-order valence-electron chi connectivity index (χ0n) is 12.9. The van der Waals surface area contributed by atoms with E-state index in [0.717, 1.165) is 18.6 Å². The van der Waals surface area contributed by atoms with Crippen molar-refractivity contribution in [3.63, 3.8) is 0 Å². The summed E-state index contributed by atoms with van der Waals surface area (Å²) < 4.78 is 6.09. The smallest absolute Gasteiger partial charge is 0.108 e. The maximum atomic E-state index is 5.81. The van der Waals surface area contributed by atoms with Crippen molar-refractivity contribution < 1.29 is 4.42 Å². The molecule has 0 N–H and O–H groups in total. The second-order valence-corrected chi connectivity index (χ2v) is 7.71. The second kappa shape index (κ2) is 6.14. The van der Waals surface area contributed by atoms with E-state index in [4.69, 9.17) is 27.6 Å². The van der Waals surface area contributed by atoms with Gasteiger partial charge in [0, 0.05) is 6.42 Å². The first-order valence-electron chi connectivity index (χ1n) is 7.60. The van der Waals surface area contributed by atoms with Crippen LogP contribution < -0.4 is 0 Å². The topological polar surface area (TPSA) is 13.1 Å². The Labute approximate surface area is 141 Å². The Morgan fingerprint density at radius 2 is 1.91 bits per heavy atom. The predicted molar refractivity (Wildman–Crippen MR) is 92.2 cm³/mol. The molecule has 3 heteroatoms. The van der Waals surface area contributed by atoms with Crippen LogP contribution in [0, 0.1) is 17.3 Å². The van der Waals surface area contributed by atoms with Gasteiger partial charge in [0.25, 0.3) is 0 Å². The predicted octanol–water partition coefficient (Wildman–Crippen LogP) is 6.00. The third-order valence-corrected chi connectivity index (χ3v) is 5.08. The van der Waals surface area contributed by atoms with Crippen LogP contribution in [0.15, 0.2) is 57.6 Å². The molecule has 0 amide bonds. The van der Waals surface area contributed by atoms with Crippen LogP contribution in [0.5, 0.6) is 0 Å². The molecule has 1 aliphatic rings. The number of halogens is 2. The molecule has 0 saturated heterocycles. The SMILES string of the molecule is CC1(C)[C@H](Cc2coc(Cc3ccccc3)c2)[C@@H]1C=C(Cl)Cl. The molecular formula is C19H20Cl2O. The van der Waals surface area contributed by atoms with Crippen molar-refractivity contribution in [3.05, 3.63) is 70.1 Å². The maximum Gasteiger partial charge on any atom is 0.108 e. The van der Waals surface area contributed by atoms with Crippen molar-refractivity contribution in [3.8, 4) is 0 Å². The van der Waals surface area contributed by atoms with Gasteiger partial charge >= 0.3 is 0 Å². The van der Waals surface area contributed by atoms with Crippen LogP contribution >= 0.6 is 23.2 Å². The summed E-state index contributed by atoms with van der Waals surface area (Å²) in [4.78, 5) is 0. The lowest BCUT2D eigenvalue weighted by atomic mass is 10.0. The molecule has 0 spiro atoms. The molecule has 2 atom stereocenters. The highest BCUT2D eigenvalue weighted by Gasteiger charge is 2.55. The number of hydrogen-bond acceptors (Lipinski definition) is 1. The first-order valence-corrected chi connectivity index (χ1v) is 8.35. The van der Waals surface area contributed by atoms with Gasteiger partial charge in [0.15, 0.2) is 0 Å². The highest BCUT2D eigenvalue weighted by atomic mass is 35.5. The van der Waals surface area contributed by atoms with Crippen molar-refractivity contribution >= 4 is 23.2 Å². The van der Waals surface area contributed by atoms with Gasteiger partial charge in [0.05, 0.1) is 6.26 Å². The molecule has 1 fully saturated rings. The molecule has 1 aromatic carbocycles. The van der Waals surface area contributed by atoms with Crippen LogP contribution in [0.4, 0.5) is 0 Å². The minimum atomic E-state index is 0.256. The van der Waals surface area contributed by atoms with Crippen LogP contribution in [0.3, 0.4) is 0 Å². The van der Waals surface area contributed by atoms with E-state index in [2.05, 4.69) is 44.2 Å². The largest absolute Gasteiger partial charge is 0.469 e. The van der Waals surface area contributed by atoms with E-state index >= 15 is 0 Å². The monoisotopic (exact) mass is 334 g/mol. The van der Waals surface area contributed by atoms with Gasteiger partial charge in [0.1, 0.15) is 10.3 Å². The molecule has 2 aromatic rings. The molecular weight excluding hydrogens is 315 g/mol. The van der Waals surface area contributed by atoms with Gasteiger partial charge in [-0.25, -0.2) is 0 Å². The summed E-state index contributed by atoms with van der Waals surface area (Å²) in [7, 11) is 0. The average molecular weight is 335 g/mol. The summed E-state index contributed by atoms with van der Waals surface area (Å²) in [6.45, 7) is 4.53. The van der Waals surface area contributed by atoms with E-state index in [1.165, 1.54) is 11.1 Å². The van der Waals surface area contributed by atoms with Gasteiger partial charge in [-0.15, -0.1) is 0 Å². The van der Waals surface area contributed by atoms with Crippen LogP contribution in [-0.2, 0) is 12.8 Å². The van der Waals surface area contributed by atoms with E-state index in [1.807, 2.05) is 18.4 Å². The third-order valence-electron chi connectivity index (χ3n) is 4.83. The van der Waals surface area contributed by atoms with Crippen LogP contribution in [0.1, 0.15) is 30.7 Å². The number of hydrogen-bond donors (Lipinski definition) is 0. The standard InChI is InChI=1S/C19H20Cl2O/c1-19(2)16(17(19)11-18(20)21)10-14-9-15(22-12-14)8-13-6-4-3-5-7-13/h3-7,9,11-12,16-17H,8,10H2,1-2H3/t16-,17+/m1/s1. The molecule has 22 heavy (non-hydrogen) atoms. The average Bonchev–Trinajstić information content (AvgIpc) is 2.82. The van der Waals surface area contributed by atoms with Crippen molar-refractivity contribution in [2.75, 3.05) is 0 Å². The first kappa shape index (κ1) is 15.7. The summed E-state index contributed by atoms with van der Waals surface area (Å²) in [5.41, 5.74) is 2.78. The van der Waals surface area contributed by atoms with Crippen molar-refractivity contribution in [1.29, 1.82) is 0 Å². The van der Waals surface area contributed by atoms with E-state index in [-0.39, 0.29) is 5.41 Å². The van der Waals surface area contributed by atoms with Gasteiger partial charge in [-0.2, -0.15) is 0 Å². The van der Waals surface area contributed by atoms with Gasteiger partial charge in [0.2, 0.25) is 0 Å². The summed E-state index contributed by atoms with van der Waals surface area (Å²) in [6, 6.07) is 12.6. The van der Waals surface area contributed by atoms with E-state index < -0.39 is 0 Å². The minimum Gasteiger partial charge on any atom is -0.469 e. The zero-order chi connectivity index (χ0) is 15.7. The summed E-state index contributed by atoms with van der Waals surface area (Å²) in [6.07, 6.45) is 5.70. The summed E-state index contributed by atoms with van der Waals surface area (Å²) in [5, 5.41) is 0. The molecule has 0 bridgehead atoms. The highest BCUT2D eigenvalue weighted by molar-refractivity contribution is 6.55. The maximum absolute atomic E-state index is 5.81. The van der Waals surface area contributed by atoms with Crippen molar-refractivity contribution in [2.45, 2.75) is 26.7 Å². The van der Waals surface area contributed by atoms with E-state index in [0.29, 0.717) is 16.3 Å². The summed E-state index contributed by atoms with van der Waals surface area (Å²) >= 11 is 11.6. The lowest BCUT2D eigenvalue weighted by Gasteiger charge is -1.99. The fraction of sp³-hybridized carbons (Fsp3) is 0.368. The van der Waals surface area contributed by atoms with Crippen molar-refractivity contribution in [1.82, 2.24) is 0 Å². The zero-order valence-corrected chi connectivity index (χ0v) is 14.4. The Morgan fingerprint density at radius 3 is 2.59 bits per heavy atom. The molecule has 0 aliphatic heterocycles. The molecule has 1 aliphatic carbocycles. The van der Waals surface area contributed by atoms with Crippen LogP contribution in [0.2, 0.25) is 0 Å². The van der Waals surface area contributed by atoms with Gasteiger partial charge in [-0.1, -0.05) is 73.5 Å². The fourth-order valence-corrected chi connectivity index (χ4v) is 3.59. The molecule has 1 aromatic heterocycles. The Morgan fingerprint density at radius 1 is 1.18 bits per heavy atom. The lowest BCUT2D eigenvalue weighted by molar-refractivity contribution is 0.514. The lowest BCUT2D eigenvalue weighted by Crippen LogP contribution is -1.93. The summed E-state index contributed by atoms with van der Waals surface area (Å²) in [5.74, 6) is 2.04. The number of allylic oxidation sites excluding steroid dienone is 1. The Bertz CT molecular complexity index is 666. The van der Waals surface area contributed by atoms with E-state index in [1.54, 1.807) is 0 Å². The number of furan rings is 1. The third kappa shape index (κ3) is 3.42. The first-order chi connectivity index (χ1) is 10.5. The molecule has 3 rings (SSSR count). The Kier molecular flexibility index (Phi) is 4.38. The quantitative estimate of drug-likeness (QED) is 0.653. The normalized spacial score (nSPS) is 22.4. The van der Waals surface area contributed by atoms with Gasteiger partial charge in [-0.3, -0.25) is 0 Å². The molecule has 0 radical (unpaired) electrons. The molecule has 1 saturated carbocycles.